The van der Waals surface area contributed by atoms with E-state index in [9.17, 15) is 27.2 Å². The predicted octanol–water partition coefficient (Wildman–Crippen LogP) is 4.92. The third-order valence-corrected chi connectivity index (χ3v) is 8.88. The maximum Gasteiger partial charge on any atom is 0.387 e. The van der Waals surface area contributed by atoms with Crippen LogP contribution in [-0.4, -0.2) is 45.0 Å². The minimum absolute atomic E-state index is 0.00214. The highest BCUT2D eigenvalue weighted by molar-refractivity contribution is 7.89. The first-order valence-corrected chi connectivity index (χ1v) is 14.2. The third kappa shape index (κ3) is 6.57. The lowest BCUT2D eigenvalue weighted by molar-refractivity contribution is -0.605. The first kappa shape index (κ1) is 29.8. The molecule has 0 bridgehead atoms. The van der Waals surface area contributed by atoms with Gasteiger partial charge in [0, 0.05) is 18.5 Å². The Morgan fingerprint density at radius 2 is 1.80 bits per heavy atom. The van der Waals surface area contributed by atoms with Crippen molar-refractivity contribution in [2.75, 3.05) is 13.7 Å². The van der Waals surface area contributed by atoms with Crippen molar-refractivity contribution in [3.8, 4) is 11.5 Å². The molecular weight excluding hydrogens is 593 g/mol. The molecule has 0 amide bonds. The fourth-order valence-electron chi connectivity index (χ4n) is 4.43. The molecule has 0 saturated carbocycles. The van der Waals surface area contributed by atoms with Crippen LogP contribution in [0.25, 0.3) is 0 Å². The minimum Gasteiger partial charge on any atom is -0.619 e. The van der Waals surface area contributed by atoms with E-state index in [0.29, 0.717) is 16.7 Å². The zero-order valence-electron chi connectivity index (χ0n) is 21.0. The Morgan fingerprint density at radius 3 is 2.42 bits per heavy atom. The lowest BCUT2D eigenvalue weighted by Crippen LogP contribution is -2.41. The maximum atomic E-state index is 13.5. The zero-order valence-corrected chi connectivity index (χ0v) is 23.3. The van der Waals surface area contributed by atoms with Gasteiger partial charge in [-0.05, 0) is 42.7 Å². The van der Waals surface area contributed by atoms with Crippen LogP contribution in [0.2, 0.25) is 10.0 Å². The minimum atomic E-state index is -3.99. The summed E-state index contributed by atoms with van der Waals surface area (Å²) < 4.78 is 69.3. The number of hydrogen-bond acceptors (Lipinski definition) is 7. The second-order valence-corrected chi connectivity index (χ2v) is 11.5. The molecule has 9 nitrogen and oxygen atoms in total. The summed E-state index contributed by atoms with van der Waals surface area (Å²) in [5.74, 6) is -1.13. The molecule has 0 unspecified atom stereocenters. The van der Waals surface area contributed by atoms with Gasteiger partial charge in [0.2, 0.25) is 10.0 Å². The number of benzene rings is 2. The first-order chi connectivity index (χ1) is 19.0. The number of carbonyl (C=O) groups is 1. The van der Waals surface area contributed by atoms with Gasteiger partial charge in [-0.3, -0.25) is 4.79 Å². The molecule has 1 aromatic heterocycles. The SMILES string of the molecule is COc1cc([C@H](Cc2c(Cl)c[n+]([O-])cc2Cl)OC(=O)[C@@H]2CCCN2S(=O)(=O)c2ccccc2)ccc1OC(F)F. The van der Waals surface area contributed by atoms with Crippen molar-refractivity contribution in [1.82, 2.24) is 4.31 Å². The molecule has 4 rings (SSSR count). The number of ether oxygens (including phenoxy) is 3. The summed E-state index contributed by atoms with van der Waals surface area (Å²) in [6, 6.07) is 10.6. The Kier molecular flexibility index (Phi) is 9.34. The van der Waals surface area contributed by atoms with Gasteiger partial charge in [-0.1, -0.05) is 47.5 Å². The van der Waals surface area contributed by atoms with E-state index in [2.05, 4.69) is 4.74 Å². The van der Waals surface area contributed by atoms with Gasteiger partial charge < -0.3 is 19.4 Å². The fraction of sp³-hybridized carbons (Fsp3) is 0.308. The van der Waals surface area contributed by atoms with Gasteiger partial charge in [-0.15, -0.1) is 0 Å². The maximum absolute atomic E-state index is 13.5. The number of sulfonamides is 1. The molecule has 1 saturated heterocycles. The lowest BCUT2D eigenvalue weighted by Gasteiger charge is -2.26. The van der Waals surface area contributed by atoms with E-state index in [1.807, 2.05) is 0 Å². The molecule has 0 N–H and O–H groups in total. The van der Waals surface area contributed by atoms with Crippen molar-refractivity contribution in [2.24, 2.45) is 0 Å². The normalized spacial score (nSPS) is 16.6. The molecule has 0 spiro atoms. The standard InChI is InChI=1S/C26H24Cl2F2N2O7S/c1-37-24-12-16(9-10-22(24)39-26(29)30)23(13-18-19(27)14-31(34)15-20(18)28)38-25(33)21-8-5-11-32(21)40(35,36)17-6-3-2-4-7-17/h2-4,6-7,9-10,12,14-15,21,23,26H,5,8,11,13H2,1H3/t21-,23-/m0/s1. The Hall–Kier alpha value is -3.19. The quantitative estimate of drug-likeness (QED) is 0.181. The van der Waals surface area contributed by atoms with Crippen molar-refractivity contribution in [1.29, 1.82) is 0 Å². The van der Waals surface area contributed by atoms with Crippen LogP contribution in [0.5, 0.6) is 11.5 Å². The van der Waals surface area contributed by atoms with E-state index in [1.165, 1.54) is 37.4 Å². The summed E-state index contributed by atoms with van der Waals surface area (Å²) >= 11 is 12.5. The number of alkyl halides is 2. The van der Waals surface area contributed by atoms with Crippen LogP contribution in [0, 0.1) is 5.21 Å². The van der Waals surface area contributed by atoms with Crippen LogP contribution in [0.3, 0.4) is 0 Å². The Morgan fingerprint density at radius 1 is 1.12 bits per heavy atom. The molecule has 3 aromatic rings. The molecule has 1 aliphatic heterocycles. The first-order valence-electron chi connectivity index (χ1n) is 12.0. The molecule has 214 valence electrons. The summed E-state index contributed by atoms with van der Waals surface area (Å²) in [4.78, 5) is 13.5. The second-order valence-electron chi connectivity index (χ2n) is 8.80. The van der Waals surface area contributed by atoms with E-state index < -0.39 is 34.7 Å². The topological polar surface area (TPSA) is 109 Å². The van der Waals surface area contributed by atoms with Crippen LogP contribution in [-0.2, 0) is 26.0 Å². The molecule has 0 radical (unpaired) electrons. The molecule has 2 atom stereocenters. The summed E-state index contributed by atoms with van der Waals surface area (Å²) in [6.45, 7) is -2.98. The van der Waals surface area contributed by atoms with Crippen molar-refractivity contribution in [3.63, 3.8) is 0 Å². The van der Waals surface area contributed by atoms with Gasteiger partial charge in [0.05, 0.1) is 12.0 Å². The van der Waals surface area contributed by atoms with Gasteiger partial charge in [0.1, 0.15) is 22.2 Å². The molecule has 14 heteroatoms. The number of esters is 1. The summed E-state index contributed by atoms with van der Waals surface area (Å²) in [7, 11) is -2.74. The van der Waals surface area contributed by atoms with Crippen molar-refractivity contribution in [3.05, 3.63) is 87.3 Å². The largest absolute Gasteiger partial charge is 0.619 e. The van der Waals surface area contributed by atoms with Crippen LogP contribution < -0.4 is 14.2 Å². The van der Waals surface area contributed by atoms with Gasteiger partial charge in [0.25, 0.3) is 0 Å². The summed E-state index contributed by atoms with van der Waals surface area (Å²) in [6.07, 6.45) is 1.57. The number of nitrogens with zero attached hydrogens (tertiary/aromatic N) is 2. The summed E-state index contributed by atoms with van der Waals surface area (Å²) in [5.41, 5.74) is 0.577. The van der Waals surface area contributed by atoms with Crippen molar-refractivity contribution < 1.29 is 40.9 Å². The van der Waals surface area contributed by atoms with Crippen LogP contribution in [0.4, 0.5) is 8.78 Å². The number of hydrogen-bond donors (Lipinski definition) is 0. The Balaban J connectivity index is 1.68. The Labute approximate surface area is 239 Å². The van der Waals surface area contributed by atoms with E-state index >= 15 is 0 Å². The highest BCUT2D eigenvalue weighted by Gasteiger charge is 2.41. The number of carbonyl (C=O) groups excluding carboxylic acids is 1. The number of halogens is 4. The van der Waals surface area contributed by atoms with E-state index in [-0.39, 0.29) is 51.4 Å². The zero-order chi connectivity index (χ0) is 29.0. The number of pyridine rings is 1. The molecular formula is C26H24Cl2F2N2O7S. The molecule has 1 aliphatic rings. The average molecular weight is 617 g/mol. The van der Waals surface area contributed by atoms with E-state index in [0.717, 1.165) is 16.7 Å². The lowest BCUT2D eigenvalue weighted by atomic mass is 10.0. The van der Waals surface area contributed by atoms with Gasteiger partial charge in [-0.2, -0.15) is 17.8 Å². The van der Waals surface area contributed by atoms with E-state index in [4.69, 9.17) is 32.7 Å². The molecule has 2 aromatic carbocycles. The van der Waals surface area contributed by atoms with Crippen molar-refractivity contribution >= 4 is 39.2 Å². The number of aromatic nitrogens is 1. The highest BCUT2D eigenvalue weighted by Crippen LogP contribution is 2.37. The van der Waals surface area contributed by atoms with Gasteiger partial charge in [-0.25, -0.2) is 8.42 Å². The molecule has 40 heavy (non-hydrogen) atoms. The van der Waals surface area contributed by atoms with E-state index in [1.54, 1.807) is 18.2 Å². The molecule has 2 heterocycles. The van der Waals surface area contributed by atoms with Gasteiger partial charge >= 0.3 is 12.6 Å². The molecule has 1 fully saturated rings. The second kappa shape index (κ2) is 12.5. The summed E-state index contributed by atoms with van der Waals surface area (Å²) in [5, 5.41) is 11.7. The van der Waals surface area contributed by atoms with Gasteiger partial charge in [0.15, 0.2) is 23.9 Å². The number of methoxy groups -OCH3 is 1. The third-order valence-electron chi connectivity index (χ3n) is 6.31. The van der Waals surface area contributed by atoms with Crippen molar-refractivity contribution in [2.45, 2.75) is 42.9 Å². The van der Waals surface area contributed by atoms with Crippen LogP contribution in [0.1, 0.15) is 30.1 Å². The highest BCUT2D eigenvalue weighted by atomic mass is 35.5. The Bertz CT molecular complexity index is 1460. The smallest absolute Gasteiger partial charge is 0.387 e. The van der Waals surface area contributed by atoms with Crippen LogP contribution in [0.15, 0.2) is 65.8 Å². The average Bonchev–Trinajstić information content (AvgIpc) is 3.42. The van der Waals surface area contributed by atoms with Crippen LogP contribution >= 0.6 is 23.2 Å². The monoisotopic (exact) mass is 616 g/mol. The predicted molar refractivity (Wildman–Crippen MR) is 141 cm³/mol. The molecule has 0 aliphatic carbocycles. The number of rotatable bonds is 10. The fourth-order valence-corrected chi connectivity index (χ4v) is 6.69.